The number of hydrogen-bond donors (Lipinski definition) is 2. The zero-order valence-corrected chi connectivity index (χ0v) is 15.0. The van der Waals surface area contributed by atoms with Gasteiger partial charge in [0.1, 0.15) is 0 Å². The highest BCUT2D eigenvalue weighted by Gasteiger charge is 2.26. The molecule has 0 aliphatic carbocycles. The fourth-order valence-electron chi connectivity index (χ4n) is 1.93. The van der Waals surface area contributed by atoms with Gasteiger partial charge in [0.2, 0.25) is 0 Å². The van der Waals surface area contributed by atoms with Crippen molar-refractivity contribution in [1.82, 2.24) is 9.97 Å². The second-order valence-corrected chi connectivity index (χ2v) is 8.15. The molecule has 8 nitrogen and oxygen atoms in total. The molecule has 2 N–H and O–H groups in total. The van der Waals surface area contributed by atoms with E-state index in [0.717, 1.165) is 0 Å². The Bertz CT molecular complexity index is 746. The molecule has 130 valence electrons. The van der Waals surface area contributed by atoms with Gasteiger partial charge in [-0.2, -0.15) is 0 Å². The van der Waals surface area contributed by atoms with Crippen molar-refractivity contribution in [3.63, 3.8) is 0 Å². The van der Waals surface area contributed by atoms with Crippen molar-refractivity contribution in [3.05, 3.63) is 36.4 Å². The van der Waals surface area contributed by atoms with Gasteiger partial charge in [0, 0.05) is 0 Å². The molecule has 0 bridgehead atoms. The zero-order chi connectivity index (χ0) is 17.8. The van der Waals surface area contributed by atoms with Gasteiger partial charge in [-0.3, -0.25) is 9.13 Å². The molecule has 0 aromatic carbocycles. The molecule has 0 spiro atoms. The van der Waals surface area contributed by atoms with Crippen LogP contribution in [0.5, 0.6) is 0 Å². The minimum atomic E-state index is -4.02. The molecule has 2 unspecified atom stereocenters. The Morgan fingerprint density at radius 2 is 1.21 bits per heavy atom. The lowest BCUT2D eigenvalue weighted by molar-refractivity contribution is 0.282. The Morgan fingerprint density at radius 3 is 1.54 bits per heavy atom. The summed E-state index contributed by atoms with van der Waals surface area (Å²) < 4.78 is 33.8. The monoisotopic (exact) mass is 372 g/mol. The molecule has 0 amide bonds. The molecular formula is C14H18N2O6P2. The topological polar surface area (TPSA) is 119 Å². The van der Waals surface area contributed by atoms with Crippen LogP contribution in [0.25, 0.3) is 11.4 Å². The van der Waals surface area contributed by atoms with Gasteiger partial charge in [0.15, 0.2) is 10.9 Å². The van der Waals surface area contributed by atoms with Crippen molar-refractivity contribution < 1.29 is 28.0 Å². The molecule has 0 aliphatic rings. The summed E-state index contributed by atoms with van der Waals surface area (Å²) in [6.45, 7) is 3.33. The zero-order valence-electron chi connectivity index (χ0n) is 13.2. The summed E-state index contributed by atoms with van der Waals surface area (Å²) in [7, 11) is -8.03. The molecule has 24 heavy (non-hydrogen) atoms. The molecule has 0 saturated carbocycles. The number of rotatable bonds is 7. The van der Waals surface area contributed by atoms with Crippen molar-refractivity contribution in [2.45, 2.75) is 13.8 Å². The van der Waals surface area contributed by atoms with E-state index >= 15 is 0 Å². The van der Waals surface area contributed by atoms with Gasteiger partial charge in [-0.15, -0.1) is 0 Å². The number of hydrogen-bond acceptors (Lipinski definition) is 6. The molecule has 2 rings (SSSR count). The summed E-state index contributed by atoms with van der Waals surface area (Å²) in [5.41, 5.74) is 0.316. The van der Waals surface area contributed by atoms with Crippen LogP contribution in [-0.2, 0) is 18.2 Å². The summed E-state index contributed by atoms with van der Waals surface area (Å²) in [6.07, 6.45) is 0. The highest BCUT2D eigenvalue weighted by atomic mass is 31.2. The van der Waals surface area contributed by atoms with E-state index in [2.05, 4.69) is 9.97 Å². The van der Waals surface area contributed by atoms with Crippen molar-refractivity contribution in [1.29, 1.82) is 0 Å². The Hall–Kier alpha value is -1.40. The van der Waals surface area contributed by atoms with Crippen LogP contribution in [0.15, 0.2) is 36.4 Å². The molecule has 10 heteroatoms. The van der Waals surface area contributed by atoms with Crippen molar-refractivity contribution in [2.24, 2.45) is 0 Å². The fraction of sp³-hybridized carbons (Fsp3) is 0.286. The fourth-order valence-corrected chi connectivity index (χ4v) is 3.91. The Morgan fingerprint density at radius 1 is 0.833 bits per heavy atom. The normalized spacial score (nSPS) is 16.3. The third kappa shape index (κ3) is 4.36. The van der Waals surface area contributed by atoms with Crippen LogP contribution in [-0.4, -0.2) is 33.0 Å². The van der Waals surface area contributed by atoms with Crippen molar-refractivity contribution in [3.8, 4) is 11.4 Å². The van der Waals surface area contributed by atoms with Gasteiger partial charge < -0.3 is 18.8 Å². The molecule has 2 atom stereocenters. The van der Waals surface area contributed by atoms with Gasteiger partial charge in [-0.05, 0) is 38.1 Å². The maximum atomic E-state index is 12.1. The lowest BCUT2D eigenvalue weighted by Gasteiger charge is -2.12. The summed E-state index contributed by atoms with van der Waals surface area (Å²) in [4.78, 5) is 27.9. The first-order valence-corrected chi connectivity index (χ1v) is 10.4. The second-order valence-electron chi connectivity index (χ2n) is 4.64. The third-order valence-corrected chi connectivity index (χ3v) is 5.79. The average Bonchev–Trinajstić information content (AvgIpc) is 2.55. The molecule has 0 saturated heterocycles. The number of aromatic nitrogens is 2. The van der Waals surface area contributed by atoms with E-state index in [9.17, 15) is 18.9 Å². The van der Waals surface area contributed by atoms with E-state index in [4.69, 9.17) is 9.05 Å². The highest BCUT2D eigenvalue weighted by Crippen LogP contribution is 2.41. The predicted octanol–water partition coefficient (Wildman–Crippen LogP) is 1.84. The molecular weight excluding hydrogens is 354 g/mol. The SMILES string of the molecule is CCOP(=O)(O)c1cccc(-c2cccc(P(=O)(O)OCC)n2)n1. The van der Waals surface area contributed by atoms with Gasteiger partial charge in [-0.25, -0.2) is 9.97 Å². The van der Waals surface area contributed by atoms with E-state index < -0.39 is 15.2 Å². The molecule has 2 aromatic heterocycles. The van der Waals surface area contributed by atoms with Crippen LogP contribution >= 0.6 is 15.2 Å². The smallest absolute Gasteiger partial charge is 0.320 e. The quantitative estimate of drug-likeness (QED) is 0.707. The Labute approximate surface area is 139 Å². The Kier molecular flexibility index (Phi) is 6.04. The van der Waals surface area contributed by atoms with E-state index in [1.165, 1.54) is 24.3 Å². The Balaban J connectivity index is 2.43. The number of pyridine rings is 2. The molecule has 0 radical (unpaired) electrons. The van der Waals surface area contributed by atoms with Crippen LogP contribution in [0.2, 0.25) is 0 Å². The van der Waals surface area contributed by atoms with Crippen LogP contribution < -0.4 is 10.9 Å². The summed E-state index contributed by atoms with van der Waals surface area (Å²) >= 11 is 0. The van der Waals surface area contributed by atoms with Crippen molar-refractivity contribution in [2.75, 3.05) is 13.2 Å². The minimum Gasteiger partial charge on any atom is -0.320 e. The standard InChI is InChI=1S/C14H18N2O6P2/c1-3-21-23(17,18)13-9-5-7-11(15-13)12-8-6-10-14(16-12)24(19,20)22-4-2/h5-10H,3-4H2,1-2H3,(H,17,18)(H,19,20). The first-order valence-electron chi connectivity index (χ1n) is 7.20. The summed E-state index contributed by atoms with van der Waals surface area (Å²) in [5, 5.41) is 0. The molecule has 2 heterocycles. The summed E-state index contributed by atoms with van der Waals surface area (Å²) in [5.74, 6) is 0. The summed E-state index contributed by atoms with van der Waals surface area (Å²) in [6, 6.07) is 8.97. The predicted molar refractivity (Wildman–Crippen MR) is 89.6 cm³/mol. The van der Waals surface area contributed by atoms with Gasteiger partial charge in [0.25, 0.3) is 0 Å². The van der Waals surface area contributed by atoms with Crippen LogP contribution in [0.1, 0.15) is 13.8 Å². The molecule has 0 aliphatic heterocycles. The largest absolute Gasteiger partial charge is 0.376 e. The van der Waals surface area contributed by atoms with E-state index in [-0.39, 0.29) is 35.5 Å². The third-order valence-electron chi connectivity index (χ3n) is 2.92. The van der Waals surface area contributed by atoms with Crippen LogP contribution in [0.3, 0.4) is 0 Å². The van der Waals surface area contributed by atoms with Crippen molar-refractivity contribution >= 4 is 26.1 Å². The van der Waals surface area contributed by atoms with Gasteiger partial charge in [0.05, 0.1) is 24.6 Å². The van der Waals surface area contributed by atoms with E-state index in [1.807, 2.05) is 0 Å². The second kappa shape index (κ2) is 7.66. The highest BCUT2D eigenvalue weighted by molar-refractivity contribution is 7.61. The maximum Gasteiger partial charge on any atom is 0.376 e. The minimum absolute atomic E-state index is 0.0650. The average molecular weight is 372 g/mol. The van der Waals surface area contributed by atoms with Crippen LogP contribution in [0.4, 0.5) is 0 Å². The number of nitrogens with zero attached hydrogens (tertiary/aromatic N) is 2. The maximum absolute atomic E-state index is 12.1. The lowest BCUT2D eigenvalue weighted by Crippen LogP contribution is -2.15. The van der Waals surface area contributed by atoms with E-state index in [1.54, 1.807) is 26.0 Å². The van der Waals surface area contributed by atoms with Crippen LogP contribution in [0, 0.1) is 0 Å². The first kappa shape index (κ1) is 18.9. The molecule has 2 aromatic rings. The first-order chi connectivity index (χ1) is 11.3. The molecule has 0 fully saturated rings. The van der Waals surface area contributed by atoms with E-state index in [0.29, 0.717) is 0 Å². The van der Waals surface area contributed by atoms with Gasteiger partial charge in [-0.1, -0.05) is 12.1 Å². The van der Waals surface area contributed by atoms with Gasteiger partial charge >= 0.3 is 15.2 Å². The lowest BCUT2D eigenvalue weighted by atomic mass is 10.2.